The second-order valence-electron chi connectivity index (χ2n) is 6.67. The van der Waals surface area contributed by atoms with Crippen molar-refractivity contribution in [2.45, 2.75) is 26.3 Å². The van der Waals surface area contributed by atoms with Crippen LogP contribution < -0.4 is 5.32 Å². The predicted octanol–water partition coefficient (Wildman–Crippen LogP) is 3.63. The van der Waals surface area contributed by atoms with Crippen molar-refractivity contribution in [2.24, 2.45) is 4.99 Å². The standard InChI is InChI=1S/C21H24ClN3O4S/c1-4-23-17(26)11-14-12-30-21-24-13(2)18(20(27)29-10-9-28-3)19(25(14)21)15-7-5-6-8-16(15)22/h5-8,12,19H,4,9-11H2,1-3H3,(H,23,26)/t19-/m0/s1. The number of rotatable bonds is 8. The number of carbonyl (C=O) groups excluding carboxylic acids is 2. The van der Waals surface area contributed by atoms with E-state index in [2.05, 4.69) is 10.3 Å². The molecule has 1 aromatic carbocycles. The van der Waals surface area contributed by atoms with Gasteiger partial charge in [-0.15, -0.1) is 0 Å². The van der Waals surface area contributed by atoms with Crippen molar-refractivity contribution in [1.29, 1.82) is 0 Å². The van der Waals surface area contributed by atoms with Crippen LogP contribution in [-0.2, 0) is 19.1 Å². The first-order chi connectivity index (χ1) is 14.5. The van der Waals surface area contributed by atoms with Crippen LogP contribution in [0.5, 0.6) is 0 Å². The number of amides is 1. The van der Waals surface area contributed by atoms with E-state index in [0.717, 1.165) is 11.3 Å². The lowest BCUT2D eigenvalue weighted by molar-refractivity contribution is -0.141. The molecule has 0 aromatic heterocycles. The van der Waals surface area contributed by atoms with Crippen molar-refractivity contribution >= 4 is 40.4 Å². The molecule has 0 bridgehead atoms. The molecule has 0 fully saturated rings. The third kappa shape index (κ3) is 4.71. The molecule has 9 heteroatoms. The summed E-state index contributed by atoms with van der Waals surface area (Å²) in [5, 5.41) is 5.93. The summed E-state index contributed by atoms with van der Waals surface area (Å²) in [7, 11) is 1.54. The van der Waals surface area contributed by atoms with Crippen LogP contribution in [0.1, 0.15) is 31.9 Å². The molecule has 1 amide bonds. The van der Waals surface area contributed by atoms with E-state index in [0.29, 0.717) is 34.6 Å². The molecule has 0 spiro atoms. The minimum Gasteiger partial charge on any atom is -0.460 e. The second-order valence-corrected chi connectivity index (χ2v) is 7.92. The third-order valence-electron chi connectivity index (χ3n) is 4.66. The monoisotopic (exact) mass is 449 g/mol. The highest BCUT2D eigenvalue weighted by Gasteiger charge is 2.41. The summed E-state index contributed by atoms with van der Waals surface area (Å²) in [4.78, 5) is 31.8. The first-order valence-corrected chi connectivity index (χ1v) is 10.8. The van der Waals surface area contributed by atoms with Gasteiger partial charge in [-0.25, -0.2) is 9.79 Å². The second kappa shape index (κ2) is 10.1. The molecular weight excluding hydrogens is 426 g/mol. The number of hydrogen-bond donors (Lipinski definition) is 1. The third-order valence-corrected chi connectivity index (χ3v) is 5.89. The van der Waals surface area contributed by atoms with E-state index < -0.39 is 12.0 Å². The molecule has 2 aliphatic rings. The van der Waals surface area contributed by atoms with Crippen molar-refractivity contribution < 1.29 is 19.1 Å². The number of thioether (sulfide) groups is 1. The molecule has 30 heavy (non-hydrogen) atoms. The summed E-state index contributed by atoms with van der Waals surface area (Å²) >= 11 is 7.95. The number of allylic oxidation sites excluding steroid dienone is 1. The van der Waals surface area contributed by atoms with Crippen molar-refractivity contribution in [3.63, 3.8) is 0 Å². The number of hydrogen-bond acceptors (Lipinski definition) is 7. The Kier molecular flexibility index (Phi) is 7.58. The Balaban J connectivity index is 2.02. The average Bonchev–Trinajstić information content (AvgIpc) is 3.09. The van der Waals surface area contributed by atoms with Gasteiger partial charge in [-0.1, -0.05) is 41.6 Å². The average molecular weight is 450 g/mol. The fraction of sp³-hybridized carbons (Fsp3) is 0.381. The minimum absolute atomic E-state index is 0.0981. The molecular formula is C21H24ClN3O4S. The number of halogens is 1. The maximum absolute atomic E-state index is 13.0. The smallest absolute Gasteiger partial charge is 0.338 e. The zero-order valence-corrected chi connectivity index (χ0v) is 18.7. The Labute approximate surface area is 185 Å². The molecule has 0 radical (unpaired) electrons. The fourth-order valence-corrected chi connectivity index (χ4v) is 4.54. The van der Waals surface area contributed by atoms with Gasteiger partial charge in [-0.05, 0) is 30.9 Å². The van der Waals surface area contributed by atoms with Crippen molar-refractivity contribution in [3.8, 4) is 0 Å². The van der Waals surface area contributed by atoms with Gasteiger partial charge in [0.15, 0.2) is 5.17 Å². The van der Waals surface area contributed by atoms with Gasteiger partial charge >= 0.3 is 5.97 Å². The zero-order valence-electron chi connectivity index (χ0n) is 17.1. The van der Waals surface area contributed by atoms with E-state index >= 15 is 0 Å². The largest absolute Gasteiger partial charge is 0.460 e. The number of carbonyl (C=O) groups is 2. The molecule has 0 saturated heterocycles. The number of amidine groups is 1. The van der Waals surface area contributed by atoms with Gasteiger partial charge < -0.3 is 19.7 Å². The summed E-state index contributed by atoms with van der Waals surface area (Å²) in [5.41, 5.74) is 2.46. The van der Waals surface area contributed by atoms with Gasteiger partial charge in [0, 0.05) is 24.4 Å². The predicted molar refractivity (Wildman–Crippen MR) is 118 cm³/mol. The molecule has 7 nitrogen and oxygen atoms in total. The molecule has 3 rings (SSSR count). The number of aliphatic imine (C=N–C) groups is 1. The molecule has 160 valence electrons. The van der Waals surface area contributed by atoms with Gasteiger partial charge in [0.1, 0.15) is 6.61 Å². The molecule has 1 aromatic rings. The van der Waals surface area contributed by atoms with E-state index in [4.69, 9.17) is 21.1 Å². The minimum atomic E-state index is -0.545. The van der Waals surface area contributed by atoms with Crippen molar-refractivity contribution in [1.82, 2.24) is 10.2 Å². The SMILES string of the molecule is CCNC(=O)CC1=CSC2=NC(C)=C(C(=O)OCCOC)[C@H](c3ccccc3Cl)N12. The topological polar surface area (TPSA) is 80.2 Å². The Morgan fingerprint density at radius 2 is 2.07 bits per heavy atom. The highest BCUT2D eigenvalue weighted by molar-refractivity contribution is 8.16. The summed E-state index contributed by atoms with van der Waals surface area (Å²) in [6, 6.07) is 6.81. The number of nitrogens with zero attached hydrogens (tertiary/aromatic N) is 2. The molecule has 2 heterocycles. The van der Waals surface area contributed by atoms with Gasteiger partial charge in [0.25, 0.3) is 0 Å². The van der Waals surface area contributed by atoms with Crippen molar-refractivity contribution in [3.05, 3.63) is 57.2 Å². The molecule has 2 aliphatic heterocycles. The lowest BCUT2D eigenvalue weighted by Crippen LogP contribution is -2.38. The first-order valence-electron chi connectivity index (χ1n) is 9.59. The van der Waals surface area contributed by atoms with Crippen LogP contribution in [0, 0.1) is 0 Å². The number of esters is 1. The normalized spacial score (nSPS) is 18.0. The van der Waals surface area contributed by atoms with Crippen LogP contribution >= 0.6 is 23.4 Å². The fourth-order valence-electron chi connectivity index (χ4n) is 3.34. The number of fused-ring (bicyclic) bond motifs is 1. The lowest BCUT2D eigenvalue weighted by Gasteiger charge is -2.36. The Bertz CT molecular complexity index is 929. The highest BCUT2D eigenvalue weighted by Crippen LogP contribution is 2.46. The van der Waals surface area contributed by atoms with Crippen molar-refractivity contribution in [2.75, 3.05) is 26.9 Å². The van der Waals surface area contributed by atoms with Crippen LogP contribution in [0.2, 0.25) is 5.02 Å². The number of ether oxygens (including phenoxy) is 2. The first kappa shape index (κ1) is 22.4. The van der Waals surface area contributed by atoms with Crippen LogP contribution in [0.3, 0.4) is 0 Å². The molecule has 0 saturated carbocycles. The number of benzene rings is 1. The summed E-state index contributed by atoms with van der Waals surface area (Å²) in [6.45, 7) is 4.63. The molecule has 1 atom stereocenters. The molecule has 1 N–H and O–H groups in total. The number of methoxy groups -OCH3 is 1. The van der Waals surface area contributed by atoms with E-state index in [9.17, 15) is 9.59 Å². The maximum atomic E-state index is 13.0. The van der Waals surface area contributed by atoms with E-state index in [1.807, 2.05) is 35.4 Å². The van der Waals surface area contributed by atoms with Crippen LogP contribution in [-0.4, -0.2) is 48.8 Å². The maximum Gasteiger partial charge on any atom is 0.338 e. The number of nitrogens with one attached hydrogen (secondary N) is 1. The quantitative estimate of drug-likeness (QED) is 0.482. The Morgan fingerprint density at radius 3 is 2.77 bits per heavy atom. The summed E-state index contributed by atoms with van der Waals surface area (Å²) < 4.78 is 10.4. The van der Waals surface area contributed by atoms with E-state index in [1.165, 1.54) is 11.8 Å². The summed E-state index contributed by atoms with van der Waals surface area (Å²) in [6.07, 6.45) is 0.172. The van der Waals surface area contributed by atoms with Gasteiger partial charge in [0.2, 0.25) is 5.91 Å². The Hall–Kier alpha value is -2.29. The molecule has 0 aliphatic carbocycles. The van der Waals surface area contributed by atoms with E-state index in [-0.39, 0.29) is 18.9 Å². The molecule has 0 unspecified atom stereocenters. The van der Waals surface area contributed by atoms with Crippen LogP contribution in [0.15, 0.2) is 51.6 Å². The van der Waals surface area contributed by atoms with Crippen LogP contribution in [0.4, 0.5) is 0 Å². The van der Waals surface area contributed by atoms with Gasteiger partial charge in [-0.3, -0.25) is 4.79 Å². The van der Waals surface area contributed by atoms with Gasteiger partial charge in [0.05, 0.1) is 30.3 Å². The van der Waals surface area contributed by atoms with Gasteiger partial charge in [-0.2, -0.15) is 0 Å². The van der Waals surface area contributed by atoms with Crippen LogP contribution in [0.25, 0.3) is 0 Å². The lowest BCUT2D eigenvalue weighted by atomic mass is 9.93. The zero-order chi connectivity index (χ0) is 21.7. The van der Waals surface area contributed by atoms with E-state index in [1.54, 1.807) is 20.1 Å². The summed E-state index contributed by atoms with van der Waals surface area (Å²) in [5.74, 6) is -0.578. The highest BCUT2D eigenvalue weighted by atomic mass is 35.5. The Morgan fingerprint density at radius 1 is 1.30 bits per heavy atom.